The Balaban J connectivity index is 1.74. The number of hydrogen-bond acceptors (Lipinski definition) is 6. The summed E-state index contributed by atoms with van der Waals surface area (Å²) in [6.45, 7) is 0.461. The molecule has 3 amide bonds. The predicted molar refractivity (Wildman–Crippen MR) is 143 cm³/mol. The molecule has 0 unspecified atom stereocenters. The van der Waals surface area contributed by atoms with Crippen LogP contribution in [0.25, 0.3) is 10.9 Å². The summed E-state index contributed by atoms with van der Waals surface area (Å²) in [6.07, 6.45) is -3.10. The van der Waals surface area contributed by atoms with Crippen LogP contribution < -0.4 is 32.8 Å². The summed E-state index contributed by atoms with van der Waals surface area (Å²) in [5, 5.41) is 6.14. The number of aromatic nitrogens is 1. The van der Waals surface area contributed by atoms with Gasteiger partial charge in [-0.05, 0) is 36.2 Å². The molecule has 0 radical (unpaired) electrons. The molecule has 0 aliphatic carbocycles. The van der Waals surface area contributed by atoms with E-state index in [1.54, 1.807) is 12.3 Å². The van der Waals surface area contributed by atoms with Gasteiger partial charge >= 0.3 is 6.18 Å². The van der Waals surface area contributed by atoms with E-state index in [2.05, 4.69) is 15.6 Å². The molecule has 0 fully saturated rings. The topological polar surface area (TPSA) is 171 Å². The third-order valence-electron chi connectivity index (χ3n) is 6.25. The van der Waals surface area contributed by atoms with Gasteiger partial charge in [-0.25, -0.2) is 4.98 Å². The molecule has 2 aromatic carbocycles. The zero-order valence-corrected chi connectivity index (χ0v) is 21.7. The molecule has 9 N–H and O–H groups in total. The van der Waals surface area contributed by atoms with Crippen LogP contribution in [0.5, 0.6) is 0 Å². The first kappa shape index (κ1) is 30.5. The molecule has 1 aromatic heterocycles. The van der Waals surface area contributed by atoms with Gasteiger partial charge in [0.2, 0.25) is 23.2 Å². The van der Waals surface area contributed by atoms with Crippen LogP contribution >= 0.6 is 0 Å². The zero-order chi connectivity index (χ0) is 29.3. The maximum atomic E-state index is 13.3. The summed E-state index contributed by atoms with van der Waals surface area (Å²) in [7, 11) is 0. The van der Waals surface area contributed by atoms with Crippen molar-refractivity contribution in [2.45, 2.75) is 37.5 Å². The van der Waals surface area contributed by atoms with Crippen molar-refractivity contribution >= 4 is 34.3 Å². The number of nitrogens with two attached hydrogens (primary N) is 3. The van der Waals surface area contributed by atoms with E-state index in [1.165, 1.54) is 17.0 Å². The van der Waals surface area contributed by atoms with Crippen molar-refractivity contribution in [3.8, 4) is 0 Å². The van der Waals surface area contributed by atoms with E-state index in [0.717, 1.165) is 23.0 Å². The van der Waals surface area contributed by atoms with Crippen LogP contribution in [0.15, 0.2) is 60.8 Å². The fraction of sp³-hybridized carbons (Fsp3) is 0.333. The van der Waals surface area contributed by atoms with Crippen molar-refractivity contribution < 1.29 is 32.5 Å². The van der Waals surface area contributed by atoms with Gasteiger partial charge in [0, 0.05) is 37.4 Å². The number of amides is 3. The molecule has 1 heterocycles. The second-order valence-corrected chi connectivity index (χ2v) is 9.20. The number of nitrogens with zero attached hydrogens (tertiary/aromatic N) is 1. The highest BCUT2D eigenvalue weighted by Gasteiger charge is 2.31. The van der Waals surface area contributed by atoms with Crippen LogP contribution in [0, 0.1) is 0 Å². The van der Waals surface area contributed by atoms with Crippen molar-refractivity contribution in [2.75, 3.05) is 25.1 Å². The second kappa shape index (κ2) is 13.8. The van der Waals surface area contributed by atoms with Crippen molar-refractivity contribution in [3.05, 3.63) is 71.9 Å². The first-order valence-corrected chi connectivity index (χ1v) is 12.6. The van der Waals surface area contributed by atoms with E-state index in [0.29, 0.717) is 11.3 Å². The molecule has 3 aromatic rings. The smallest absolute Gasteiger partial charge is 0.343 e. The fourth-order valence-electron chi connectivity index (χ4n) is 4.02. The Morgan fingerprint density at radius 3 is 2.35 bits per heavy atom. The highest BCUT2D eigenvalue weighted by Crippen LogP contribution is 2.29. The monoisotopic (exact) mass is 560 g/mol. The number of alkyl halides is 3. The number of carbonyl (C=O) groups is 3. The first-order chi connectivity index (χ1) is 19.0. The molecule has 214 valence electrons. The molecule has 0 saturated carbocycles. The van der Waals surface area contributed by atoms with Gasteiger partial charge in [-0.2, -0.15) is 13.2 Å². The number of para-hydroxylation sites is 1. The number of hydrogen-bond donors (Lipinski definition) is 5. The molecular weight excluding hydrogens is 527 g/mol. The van der Waals surface area contributed by atoms with Crippen LogP contribution in [0.4, 0.5) is 18.9 Å². The van der Waals surface area contributed by atoms with Crippen LogP contribution in [-0.2, 0) is 27.0 Å². The Hall–Kier alpha value is -4.07. The van der Waals surface area contributed by atoms with Gasteiger partial charge in [0.05, 0.1) is 18.3 Å². The third-order valence-corrected chi connectivity index (χ3v) is 6.25. The molecular formula is C27H33F3N7O3+. The molecule has 3 rings (SSSR count). The second-order valence-electron chi connectivity index (χ2n) is 9.20. The number of fused-ring (bicyclic) bond motifs is 1. The average Bonchev–Trinajstić information content (AvgIpc) is 2.93. The van der Waals surface area contributed by atoms with Gasteiger partial charge in [-0.15, -0.1) is 0 Å². The lowest BCUT2D eigenvalue weighted by molar-refractivity contribution is -0.343. The van der Waals surface area contributed by atoms with E-state index in [-0.39, 0.29) is 44.9 Å². The van der Waals surface area contributed by atoms with E-state index in [4.69, 9.17) is 17.2 Å². The minimum atomic E-state index is -4.51. The summed E-state index contributed by atoms with van der Waals surface area (Å²) in [6, 6.07) is 11.2. The van der Waals surface area contributed by atoms with Crippen molar-refractivity contribution in [1.82, 2.24) is 10.2 Å². The molecule has 2 atom stereocenters. The Labute approximate surface area is 229 Å². The van der Waals surface area contributed by atoms with Crippen molar-refractivity contribution in [3.63, 3.8) is 0 Å². The summed E-state index contributed by atoms with van der Waals surface area (Å²) >= 11 is 0. The largest absolute Gasteiger partial charge is 0.416 e. The Bertz CT molecular complexity index is 1320. The third kappa shape index (κ3) is 8.46. The summed E-state index contributed by atoms with van der Waals surface area (Å²) in [5.74, 6) is -1.61. The zero-order valence-electron chi connectivity index (χ0n) is 21.7. The van der Waals surface area contributed by atoms with Crippen LogP contribution in [0.3, 0.4) is 0 Å². The molecule has 13 heteroatoms. The molecule has 0 saturated heterocycles. The molecule has 40 heavy (non-hydrogen) atoms. The number of carbonyl (C=O) groups excluding carboxylic acids is 3. The van der Waals surface area contributed by atoms with E-state index in [1.807, 2.05) is 24.3 Å². The number of rotatable bonds is 12. The van der Waals surface area contributed by atoms with Gasteiger partial charge in [0.1, 0.15) is 11.7 Å². The van der Waals surface area contributed by atoms with Crippen LogP contribution in [0.2, 0.25) is 0 Å². The normalized spacial score (nSPS) is 12.9. The minimum absolute atomic E-state index is 0.0139. The lowest BCUT2D eigenvalue weighted by Crippen LogP contribution is -2.51. The van der Waals surface area contributed by atoms with Gasteiger partial charge in [-0.1, -0.05) is 24.3 Å². The number of nitrogens with one attached hydrogen (secondary N) is 3. The van der Waals surface area contributed by atoms with Crippen LogP contribution in [0.1, 0.15) is 24.0 Å². The summed E-state index contributed by atoms with van der Waals surface area (Å²) < 4.78 is 39.0. The SMILES string of the molecule is NCCN(CN)C(=O)CC[C@H](N)C(=O)N[C@@H](Cc1ccc(C(F)(F)F)cc1)C(=O)Nc1c[nH+]c2ccccc2c1. The van der Waals surface area contributed by atoms with Gasteiger partial charge in [-0.3, -0.25) is 14.4 Å². The average molecular weight is 561 g/mol. The Morgan fingerprint density at radius 2 is 1.70 bits per heavy atom. The van der Waals surface area contributed by atoms with Crippen molar-refractivity contribution in [1.29, 1.82) is 0 Å². The lowest BCUT2D eigenvalue weighted by Gasteiger charge is -2.22. The standard InChI is InChI=1S/C27H32F3N7O3/c28-27(29,30)19-7-5-17(6-8-19)13-23(26(40)35-20-14-18-3-1-2-4-22(18)34-15-20)36-25(39)21(33)9-10-24(38)37(16-32)12-11-31/h1-8,14-15,21,23H,9-13,16,31-33H2,(H,35,40)(H,36,39)/p+1/t21-,23-/m0/s1. The molecule has 0 aliphatic heterocycles. The predicted octanol–water partition coefficient (Wildman–Crippen LogP) is 1.15. The van der Waals surface area contributed by atoms with Crippen LogP contribution in [-0.4, -0.2) is 54.5 Å². The molecule has 0 bridgehead atoms. The van der Waals surface area contributed by atoms with E-state index in [9.17, 15) is 27.6 Å². The van der Waals surface area contributed by atoms with Crippen molar-refractivity contribution in [2.24, 2.45) is 17.2 Å². The molecule has 10 nitrogen and oxygen atoms in total. The summed E-state index contributed by atoms with van der Waals surface area (Å²) in [5.41, 5.74) is 17.9. The fourth-order valence-corrected chi connectivity index (χ4v) is 4.02. The first-order valence-electron chi connectivity index (χ1n) is 12.6. The van der Waals surface area contributed by atoms with Gasteiger partial charge < -0.3 is 32.7 Å². The highest BCUT2D eigenvalue weighted by atomic mass is 19.4. The number of aromatic amines is 1. The number of pyridine rings is 1. The molecule has 0 aliphatic rings. The number of H-pyrrole nitrogens is 1. The Kier molecular flexibility index (Phi) is 10.5. The maximum absolute atomic E-state index is 13.3. The highest BCUT2D eigenvalue weighted by molar-refractivity contribution is 5.98. The number of halogens is 3. The van der Waals surface area contributed by atoms with E-state index >= 15 is 0 Å². The van der Waals surface area contributed by atoms with E-state index < -0.39 is 35.6 Å². The quantitative estimate of drug-likeness (QED) is 0.208. The minimum Gasteiger partial charge on any atom is -0.343 e. The lowest BCUT2D eigenvalue weighted by atomic mass is 10.0. The maximum Gasteiger partial charge on any atom is 0.416 e. The summed E-state index contributed by atoms with van der Waals surface area (Å²) in [4.78, 5) is 42.9. The molecule has 0 spiro atoms. The van der Waals surface area contributed by atoms with Gasteiger partial charge in [0.25, 0.3) is 0 Å². The van der Waals surface area contributed by atoms with Gasteiger partial charge in [0.15, 0.2) is 6.20 Å². The Morgan fingerprint density at radius 1 is 1.00 bits per heavy atom. The number of benzene rings is 2. The number of anilines is 1.